The Kier molecular flexibility index (Phi) is 3.61. The molecular formula is C16H17N. The summed E-state index contributed by atoms with van der Waals surface area (Å²) in [6, 6.07) is 20.8. The molecule has 2 rings (SSSR count). The standard InChI is InChI=1S/C16H17N/c1-17(2)16(15-11-7-4-8-12-15)13-14-9-5-3-6-10-14/h3-13H,1-2H3. The molecule has 1 nitrogen and oxygen atoms in total. The molecule has 0 aliphatic heterocycles. The van der Waals surface area contributed by atoms with Crippen molar-refractivity contribution in [2.45, 2.75) is 0 Å². The van der Waals surface area contributed by atoms with Crippen LogP contribution in [0.3, 0.4) is 0 Å². The molecule has 0 N–H and O–H groups in total. The third-order valence-electron chi connectivity index (χ3n) is 2.65. The smallest absolute Gasteiger partial charge is 0.0440 e. The predicted molar refractivity (Wildman–Crippen MR) is 74.4 cm³/mol. The van der Waals surface area contributed by atoms with Crippen LogP contribution in [-0.2, 0) is 0 Å². The zero-order valence-electron chi connectivity index (χ0n) is 10.3. The minimum absolute atomic E-state index is 1.22. The van der Waals surface area contributed by atoms with Gasteiger partial charge in [0, 0.05) is 19.8 Å². The molecule has 0 fully saturated rings. The summed E-state index contributed by atoms with van der Waals surface area (Å²) in [5.41, 5.74) is 3.68. The van der Waals surface area contributed by atoms with E-state index in [0.717, 1.165) is 0 Å². The van der Waals surface area contributed by atoms with Crippen LogP contribution in [0, 0.1) is 0 Å². The van der Waals surface area contributed by atoms with Gasteiger partial charge < -0.3 is 4.90 Å². The molecule has 0 aromatic heterocycles. The Hall–Kier alpha value is -2.02. The van der Waals surface area contributed by atoms with E-state index in [2.05, 4.69) is 73.6 Å². The van der Waals surface area contributed by atoms with Crippen molar-refractivity contribution in [2.24, 2.45) is 0 Å². The van der Waals surface area contributed by atoms with Crippen LogP contribution in [0.1, 0.15) is 11.1 Å². The van der Waals surface area contributed by atoms with Crippen LogP contribution in [0.15, 0.2) is 60.7 Å². The summed E-state index contributed by atoms with van der Waals surface area (Å²) in [6.45, 7) is 0. The maximum absolute atomic E-state index is 2.20. The van der Waals surface area contributed by atoms with Gasteiger partial charge in [-0.3, -0.25) is 0 Å². The molecular weight excluding hydrogens is 206 g/mol. The summed E-state index contributed by atoms with van der Waals surface area (Å²) in [5, 5.41) is 0. The van der Waals surface area contributed by atoms with Crippen LogP contribution in [0.25, 0.3) is 11.8 Å². The second kappa shape index (κ2) is 5.35. The summed E-state index contributed by atoms with van der Waals surface area (Å²) < 4.78 is 0. The first-order valence-electron chi connectivity index (χ1n) is 5.77. The van der Waals surface area contributed by atoms with Gasteiger partial charge in [-0.2, -0.15) is 0 Å². The highest BCUT2D eigenvalue weighted by Crippen LogP contribution is 2.19. The first kappa shape index (κ1) is 11.5. The van der Waals surface area contributed by atoms with Crippen LogP contribution in [0.2, 0.25) is 0 Å². The third-order valence-corrected chi connectivity index (χ3v) is 2.65. The van der Waals surface area contributed by atoms with Crippen molar-refractivity contribution in [2.75, 3.05) is 14.1 Å². The lowest BCUT2D eigenvalue weighted by atomic mass is 10.1. The van der Waals surface area contributed by atoms with Gasteiger partial charge in [0.1, 0.15) is 0 Å². The van der Waals surface area contributed by atoms with Gasteiger partial charge >= 0.3 is 0 Å². The van der Waals surface area contributed by atoms with E-state index < -0.39 is 0 Å². The van der Waals surface area contributed by atoms with Gasteiger partial charge in [-0.05, 0) is 17.2 Å². The van der Waals surface area contributed by atoms with E-state index in [4.69, 9.17) is 0 Å². The lowest BCUT2D eigenvalue weighted by Crippen LogP contribution is -2.09. The third kappa shape index (κ3) is 2.97. The molecule has 0 heterocycles. The van der Waals surface area contributed by atoms with Crippen molar-refractivity contribution < 1.29 is 0 Å². The molecule has 0 saturated heterocycles. The highest BCUT2D eigenvalue weighted by Gasteiger charge is 2.02. The molecule has 1 heteroatoms. The van der Waals surface area contributed by atoms with Crippen LogP contribution in [0.4, 0.5) is 0 Å². The molecule has 0 radical (unpaired) electrons. The Morgan fingerprint density at radius 1 is 0.824 bits per heavy atom. The zero-order valence-corrected chi connectivity index (χ0v) is 10.3. The van der Waals surface area contributed by atoms with Crippen LogP contribution in [0.5, 0.6) is 0 Å². The van der Waals surface area contributed by atoms with Gasteiger partial charge in [0.2, 0.25) is 0 Å². The minimum atomic E-state index is 1.22. The quantitative estimate of drug-likeness (QED) is 0.716. The Morgan fingerprint density at radius 3 is 1.88 bits per heavy atom. The molecule has 0 spiro atoms. The SMILES string of the molecule is CN(C)C(=Cc1ccccc1)c1ccccc1. The lowest BCUT2D eigenvalue weighted by molar-refractivity contribution is 0.595. The Morgan fingerprint density at radius 2 is 1.35 bits per heavy atom. The van der Waals surface area contributed by atoms with Gasteiger partial charge in [0.25, 0.3) is 0 Å². The molecule has 0 amide bonds. The topological polar surface area (TPSA) is 3.24 Å². The summed E-state index contributed by atoms with van der Waals surface area (Å²) in [6.07, 6.45) is 2.20. The summed E-state index contributed by atoms with van der Waals surface area (Å²) >= 11 is 0. The highest BCUT2D eigenvalue weighted by molar-refractivity contribution is 5.80. The van der Waals surface area contributed by atoms with Crippen LogP contribution >= 0.6 is 0 Å². The fourth-order valence-electron chi connectivity index (χ4n) is 1.79. The largest absolute Gasteiger partial charge is 0.377 e. The van der Waals surface area contributed by atoms with E-state index >= 15 is 0 Å². The minimum Gasteiger partial charge on any atom is -0.377 e. The maximum Gasteiger partial charge on any atom is 0.0440 e. The van der Waals surface area contributed by atoms with Crippen molar-refractivity contribution in [1.29, 1.82) is 0 Å². The molecule has 17 heavy (non-hydrogen) atoms. The van der Waals surface area contributed by atoms with Crippen molar-refractivity contribution >= 4 is 11.8 Å². The molecule has 2 aromatic rings. The van der Waals surface area contributed by atoms with Gasteiger partial charge in [0.05, 0.1) is 0 Å². The van der Waals surface area contributed by atoms with Crippen molar-refractivity contribution in [1.82, 2.24) is 4.90 Å². The molecule has 0 unspecified atom stereocenters. The van der Waals surface area contributed by atoms with Gasteiger partial charge in [0.15, 0.2) is 0 Å². The first-order valence-corrected chi connectivity index (χ1v) is 5.77. The Balaban J connectivity index is 2.40. The molecule has 0 saturated carbocycles. The molecule has 2 aromatic carbocycles. The number of hydrogen-bond donors (Lipinski definition) is 0. The number of nitrogens with zero attached hydrogens (tertiary/aromatic N) is 1. The summed E-state index contributed by atoms with van der Waals surface area (Å²) in [5.74, 6) is 0. The monoisotopic (exact) mass is 223 g/mol. The van der Waals surface area contributed by atoms with Gasteiger partial charge in [-0.25, -0.2) is 0 Å². The normalized spacial score (nSPS) is 11.3. The van der Waals surface area contributed by atoms with Crippen LogP contribution in [-0.4, -0.2) is 19.0 Å². The maximum atomic E-state index is 2.20. The average molecular weight is 223 g/mol. The van der Waals surface area contributed by atoms with E-state index in [1.165, 1.54) is 16.8 Å². The molecule has 86 valence electrons. The van der Waals surface area contributed by atoms with E-state index in [1.54, 1.807) is 0 Å². The summed E-state index contributed by atoms with van der Waals surface area (Å²) in [4.78, 5) is 2.14. The van der Waals surface area contributed by atoms with Crippen molar-refractivity contribution in [3.8, 4) is 0 Å². The van der Waals surface area contributed by atoms with E-state index in [0.29, 0.717) is 0 Å². The lowest BCUT2D eigenvalue weighted by Gasteiger charge is -2.17. The Labute approximate surface area is 103 Å². The molecule has 0 bridgehead atoms. The number of hydrogen-bond acceptors (Lipinski definition) is 1. The second-order valence-electron chi connectivity index (χ2n) is 4.20. The van der Waals surface area contributed by atoms with Gasteiger partial charge in [-0.1, -0.05) is 60.7 Å². The fraction of sp³-hybridized carbons (Fsp3) is 0.125. The highest BCUT2D eigenvalue weighted by atomic mass is 15.1. The van der Waals surface area contributed by atoms with E-state index in [1.807, 2.05) is 12.1 Å². The molecule has 0 atom stereocenters. The second-order valence-corrected chi connectivity index (χ2v) is 4.20. The van der Waals surface area contributed by atoms with E-state index in [9.17, 15) is 0 Å². The first-order chi connectivity index (χ1) is 8.27. The number of rotatable bonds is 3. The fourth-order valence-corrected chi connectivity index (χ4v) is 1.79. The van der Waals surface area contributed by atoms with Crippen molar-refractivity contribution in [3.63, 3.8) is 0 Å². The van der Waals surface area contributed by atoms with Gasteiger partial charge in [-0.15, -0.1) is 0 Å². The molecule has 0 aliphatic rings. The van der Waals surface area contributed by atoms with Crippen LogP contribution < -0.4 is 0 Å². The number of benzene rings is 2. The Bertz CT molecular complexity index is 483. The van der Waals surface area contributed by atoms with Crippen molar-refractivity contribution in [3.05, 3.63) is 71.8 Å². The molecule has 0 aliphatic carbocycles. The van der Waals surface area contributed by atoms with E-state index in [-0.39, 0.29) is 0 Å². The zero-order chi connectivity index (χ0) is 12.1. The predicted octanol–water partition coefficient (Wildman–Crippen LogP) is 3.75. The average Bonchev–Trinajstić information content (AvgIpc) is 2.38. The summed E-state index contributed by atoms with van der Waals surface area (Å²) in [7, 11) is 4.14.